The van der Waals surface area contributed by atoms with Crippen LogP contribution in [0.3, 0.4) is 0 Å². The van der Waals surface area contributed by atoms with E-state index in [4.69, 9.17) is 0 Å². The van der Waals surface area contributed by atoms with Crippen LogP contribution in [-0.2, 0) is 62.2 Å². The van der Waals surface area contributed by atoms with Gasteiger partial charge in [0.1, 0.15) is 0 Å². The Kier molecular flexibility index (Phi) is 14.9. The van der Waals surface area contributed by atoms with Crippen molar-refractivity contribution in [3.8, 4) is 55.6 Å². The topological polar surface area (TPSA) is 0 Å². The van der Waals surface area contributed by atoms with Gasteiger partial charge in [-0.05, 0) is 0 Å². The molecule has 6 aromatic rings. The zero-order valence-corrected chi connectivity index (χ0v) is 50.5. The van der Waals surface area contributed by atoms with Crippen molar-refractivity contribution in [3.05, 3.63) is 168 Å². The van der Waals surface area contributed by atoms with Gasteiger partial charge in [-0.3, -0.25) is 0 Å². The summed E-state index contributed by atoms with van der Waals surface area (Å²) in [6.45, 7) is 39.2. The zero-order chi connectivity index (χ0) is 50.0. The predicted octanol–water partition coefficient (Wildman–Crippen LogP) is 12.3. The summed E-state index contributed by atoms with van der Waals surface area (Å²) in [6, 6.07) is 36.8. The van der Waals surface area contributed by atoms with Crippen molar-refractivity contribution in [2.24, 2.45) is 11.8 Å². The first-order valence-corrected chi connectivity index (χ1v) is 30.6. The first-order chi connectivity index (χ1) is 32.9. The Balaban J connectivity index is 0.00000347. The molecule has 0 aromatic heterocycles. The Morgan fingerprint density at radius 3 is 1.40 bits per heavy atom. The number of fused-ring (bicyclic) bond motifs is 9. The molecule has 374 valence electrons. The van der Waals surface area contributed by atoms with Gasteiger partial charge < -0.3 is 24.8 Å². The van der Waals surface area contributed by atoms with Crippen LogP contribution in [0.2, 0.25) is 0 Å². The van der Waals surface area contributed by atoms with E-state index in [2.05, 4.69) is 220 Å². The Morgan fingerprint density at radius 2 is 0.917 bits per heavy atom. The van der Waals surface area contributed by atoms with Gasteiger partial charge in [0.2, 0.25) is 0 Å². The minimum absolute atomic E-state index is 0. The summed E-state index contributed by atoms with van der Waals surface area (Å²) in [5.74, 6) is 1.22. The van der Waals surface area contributed by atoms with Crippen molar-refractivity contribution in [1.29, 1.82) is 0 Å². The number of rotatable bonds is 8. The number of benzene rings is 6. The first kappa shape index (κ1) is 54.4. The summed E-state index contributed by atoms with van der Waals surface area (Å²) >= 11 is -2.89. The maximum atomic E-state index is 2.73. The second-order valence-corrected chi connectivity index (χ2v) is 33.0. The monoisotopic (exact) mass is 1070 g/mol. The Bertz CT molecular complexity index is 3210. The molecule has 0 saturated heterocycles. The molecule has 72 heavy (non-hydrogen) atoms. The van der Waals surface area contributed by atoms with Crippen LogP contribution in [0.1, 0.15) is 186 Å². The van der Waals surface area contributed by atoms with Crippen LogP contribution in [0.4, 0.5) is 0 Å². The first-order valence-electron chi connectivity index (χ1n) is 26.9. The third-order valence-corrected chi connectivity index (χ3v) is 23.9. The van der Waals surface area contributed by atoms with Gasteiger partial charge in [-0.2, -0.15) is 0 Å². The number of halogens is 2. The minimum atomic E-state index is -2.89. The van der Waals surface area contributed by atoms with Crippen LogP contribution in [0, 0.1) is 11.8 Å². The predicted molar refractivity (Wildman–Crippen MR) is 302 cm³/mol. The van der Waals surface area contributed by atoms with Crippen LogP contribution in [-0.4, -0.2) is 3.21 Å². The molecule has 10 rings (SSSR count). The van der Waals surface area contributed by atoms with Gasteiger partial charge >= 0.3 is 434 Å². The molecule has 0 bridgehead atoms. The molecule has 4 aliphatic rings. The minimum Gasteiger partial charge on any atom is -1.00 e. The average Bonchev–Trinajstić information content (AvgIpc) is 4.08. The van der Waals surface area contributed by atoms with Gasteiger partial charge in [-0.15, -0.1) is 0 Å². The van der Waals surface area contributed by atoms with Gasteiger partial charge in [0.25, 0.3) is 0 Å². The van der Waals surface area contributed by atoms with Crippen LogP contribution < -0.4 is 28.1 Å². The van der Waals surface area contributed by atoms with Gasteiger partial charge in [0.05, 0.1) is 0 Å². The average molecular weight is 1070 g/mol. The molecule has 0 N–H and O–H groups in total. The van der Waals surface area contributed by atoms with Gasteiger partial charge in [-0.25, -0.2) is 0 Å². The molecular formula is C69H80Cl2Zr. The smallest absolute Gasteiger partial charge is 1.00 e. The molecule has 6 aromatic carbocycles. The molecule has 0 spiro atoms. The van der Waals surface area contributed by atoms with Crippen molar-refractivity contribution < 1.29 is 46.1 Å². The van der Waals surface area contributed by atoms with Gasteiger partial charge in [0, 0.05) is 0 Å². The van der Waals surface area contributed by atoms with Crippen LogP contribution in [0.15, 0.2) is 113 Å². The summed E-state index contributed by atoms with van der Waals surface area (Å²) in [5, 5.41) is 0. The van der Waals surface area contributed by atoms with E-state index in [1.54, 1.807) is 23.2 Å². The van der Waals surface area contributed by atoms with Crippen molar-refractivity contribution in [2.75, 3.05) is 0 Å². The molecule has 4 aliphatic carbocycles. The van der Waals surface area contributed by atoms with E-state index in [0.717, 1.165) is 25.7 Å². The van der Waals surface area contributed by atoms with E-state index < -0.39 is 21.3 Å². The quantitative estimate of drug-likeness (QED) is 0.142. The van der Waals surface area contributed by atoms with Crippen molar-refractivity contribution >= 4 is 6.48 Å². The van der Waals surface area contributed by atoms with E-state index >= 15 is 0 Å². The molecule has 0 fully saturated rings. The van der Waals surface area contributed by atoms with Crippen LogP contribution >= 0.6 is 0 Å². The third kappa shape index (κ3) is 9.58. The molecular weight excluding hydrogens is 991 g/mol. The summed E-state index contributed by atoms with van der Waals surface area (Å²) in [6.07, 6.45) is 14.0. The molecule has 0 saturated carbocycles. The third-order valence-electron chi connectivity index (χ3n) is 16.1. The number of hydrogen-bond acceptors (Lipinski definition) is 0. The van der Waals surface area contributed by atoms with Crippen molar-refractivity contribution in [3.63, 3.8) is 0 Å². The van der Waals surface area contributed by atoms with E-state index in [1.807, 2.05) is 3.21 Å². The van der Waals surface area contributed by atoms with E-state index in [9.17, 15) is 0 Å². The fourth-order valence-corrected chi connectivity index (χ4v) is 22.9. The Hall–Kier alpha value is -3.87. The second kappa shape index (κ2) is 19.7. The van der Waals surface area contributed by atoms with E-state index in [0.29, 0.717) is 11.8 Å². The fourth-order valence-electron chi connectivity index (χ4n) is 13.1. The zero-order valence-electron chi connectivity index (χ0n) is 46.5. The van der Waals surface area contributed by atoms with Crippen molar-refractivity contribution in [2.45, 2.75) is 171 Å². The van der Waals surface area contributed by atoms with E-state index in [1.165, 1.54) is 107 Å². The van der Waals surface area contributed by atoms with Crippen molar-refractivity contribution in [1.82, 2.24) is 0 Å². The second-order valence-electron chi connectivity index (χ2n) is 26.6. The van der Waals surface area contributed by atoms with Gasteiger partial charge in [-0.1, -0.05) is 0 Å². The molecule has 0 unspecified atom stereocenters. The maximum absolute atomic E-state index is 2.89. The standard InChI is InChI=1S/C55H57.C9H18.C5H5.2ClH.Zr/c1-52(2,3)46-23-21-38(44-26-32-17-13-15-19-36(32)50(44)46)42-28-34-25-35-29-43(49(55(10,11)12)31-41(35)40(34)30-48(42)54(7,8)9)39-22-24-47(53(4,5)6)51-37-20-16-14-18-33(37)27-45(39)51;1-8(2)6-5-7-9(3)4;1-2-4-5-3-1;;;/h13-24,28,30-31H,25-27H2,1-12H3;8-9H,6-7H2,1-4H3;1-3H,4H2;2*1H;/q;;;;;+2/p-2. The summed E-state index contributed by atoms with van der Waals surface area (Å²) < 4.78 is 5.46. The molecule has 0 aliphatic heterocycles. The fraction of sp³-hybridized carbons (Fsp3) is 0.406. The summed E-state index contributed by atoms with van der Waals surface area (Å²) in [4.78, 5) is 0. The molecule has 0 radical (unpaired) electrons. The molecule has 0 heterocycles. The Morgan fingerprint density at radius 1 is 0.444 bits per heavy atom. The van der Waals surface area contributed by atoms with Crippen LogP contribution in [0.5, 0.6) is 0 Å². The molecule has 0 nitrogen and oxygen atoms in total. The molecule has 0 atom stereocenters. The Labute approximate surface area is 455 Å². The maximum Gasteiger partial charge on any atom is -1.00 e. The number of hydrogen-bond donors (Lipinski definition) is 0. The summed E-state index contributed by atoms with van der Waals surface area (Å²) in [5.41, 5.74) is 29.8. The number of allylic oxidation sites excluding steroid dienone is 4. The normalized spacial score (nSPS) is 14.2. The van der Waals surface area contributed by atoms with E-state index in [-0.39, 0.29) is 46.5 Å². The molecule has 0 amide bonds. The van der Waals surface area contributed by atoms with Crippen LogP contribution in [0.25, 0.3) is 55.6 Å². The largest absolute Gasteiger partial charge is 1.00 e. The van der Waals surface area contributed by atoms with Gasteiger partial charge in [0.15, 0.2) is 0 Å². The summed E-state index contributed by atoms with van der Waals surface area (Å²) in [7, 11) is 0. The SMILES string of the molecule is CC(C)C[C](CC(C)C)=[Zr+2]([C]1=CC=CC1)[c]1c2c(cc(C(C)(C)C)c1-c1ccc(C(C)(C)C)c3c1Cc1ccccc1-3)-c1cc(C(C)(C)C)c(-c3ccc(C(C)(C)C)c4c3Cc3ccccc3-4)cc1C2.[Cl-].[Cl-]. The molecule has 3 heteroatoms.